The molecule has 1 saturated carbocycles. The Labute approximate surface area is 199 Å². The number of rotatable bonds is 0. The molecule has 2 aromatic heterocycles. The van der Waals surface area contributed by atoms with Crippen LogP contribution in [0.1, 0.15) is 50.7 Å². The number of thioether (sulfide) groups is 1. The van der Waals surface area contributed by atoms with Crippen LogP contribution in [-0.4, -0.2) is 25.3 Å². The third-order valence-corrected chi connectivity index (χ3v) is 9.05. The van der Waals surface area contributed by atoms with E-state index < -0.39 is 5.60 Å². The zero-order valence-electron chi connectivity index (χ0n) is 17.9. The highest BCUT2D eigenvalue weighted by molar-refractivity contribution is 8.01. The maximum atomic E-state index is 13.1. The summed E-state index contributed by atoms with van der Waals surface area (Å²) in [6.07, 6.45) is 4.21. The molecule has 2 N–H and O–H groups in total. The van der Waals surface area contributed by atoms with E-state index in [9.17, 15) is 4.79 Å². The zero-order valence-corrected chi connectivity index (χ0v) is 20.3. The van der Waals surface area contributed by atoms with Gasteiger partial charge in [0.1, 0.15) is 10.6 Å². The van der Waals surface area contributed by atoms with Gasteiger partial charge in [0.05, 0.1) is 11.1 Å². The third-order valence-electron chi connectivity index (χ3n) is 7.20. The first-order valence-electron chi connectivity index (χ1n) is 10.7. The van der Waals surface area contributed by atoms with E-state index in [2.05, 4.69) is 42.9 Å². The Kier molecular flexibility index (Phi) is 4.30. The summed E-state index contributed by atoms with van der Waals surface area (Å²) >= 11 is 13.2. The number of ether oxygens (including phenoxy) is 1. The second kappa shape index (κ2) is 6.72. The highest BCUT2D eigenvalue weighted by Crippen LogP contribution is 2.61. The van der Waals surface area contributed by atoms with Crippen LogP contribution >= 0.6 is 35.6 Å². The van der Waals surface area contributed by atoms with Crippen LogP contribution in [0.4, 0.5) is 0 Å². The second-order valence-electron chi connectivity index (χ2n) is 9.63. The van der Waals surface area contributed by atoms with E-state index in [1.807, 2.05) is 18.2 Å². The van der Waals surface area contributed by atoms with Gasteiger partial charge in [-0.05, 0) is 69.6 Å². The fraction of sp³-hybridized carbons (Fsp3) is 0.375. The number of nitrogens with zero attached hydrogens (tertiary/aromatic N) is 1. The molecule has 0 amide bonds. The van der Waals surface area contributed by atoms with Crippen molar-refractivity contribution in [1.29, 1.82) is 0 Å². The zero-order chi connectivity index (χ0) is 22.4. The minimum Gasteiger partial charge on any atom is -0.472 e. The van der Waals surface area contributed by atoms with Crippen molar-refractivity contribution in [2.24, 2.45) is 5.92 Å². The predicted molar refractivity (Wildman–Crippen MR) is 131 cm³/mol. The Morgan fingerprint density at radius 1 is 1.25 bits per heavy atom. The molecule has 2 aliphatic heterocycles. The summed E-state index contributed by atoms with van der Waals surface area (Å²) in [4.78, 5) is 23.9. The molecule has 3 atom stereocenters. The first-order valence-corrected chi connectivity index (χ1v) is 12.3. The standard InChI is InChI=1S/C24H22ClN3O2S2/c1-23(2)14-6-7-24(3)15(17(14)18-19(29)27-22(31)28-20(18)30-23)9-12-8-11-4-5-13(25)10-16(11)26-21(12)32-24/h4-5,8-10,14,17H,6-7H2,1-3H3,(H2,27,28,29,31). The molecule has 0 bridgehead atoms. The Bertz CT molecular complexity index is 1460. The van der Waals surface area contributed by atoms with Crippen LogP contribution in [0.5, 0.6) is 5.88 Å². The fourth-order valence-corrected chi connectivity index (χ4v) is 7.31. The maximum Gasteiger partial charge on any atom is 0.259 e. The largest absolute Gasteiger partial charge is 0.472 e. The van der Waals surface area contributed by atoms with Crippen molar-refractivity contribution in [3.63, 3.8) is 0 Å². The van der Waals surface area contributed by atoms with E-state index in [4.69, 9.17) is 33.5 Å². The minimum absolute atomic E-state index is 0.0512. The summed E-state index contributed by atoms with van der Waals surface area (Å²) in [7, 11) is 0. The molecule has 1 fully saturated rings. The van der Waals surface area contributed by atoms with Crippen LogP contribution < -0.4 is 10.3 Å². The molecule has 4 heterocycles. The van der Waals surface area contributed by atoms with Crippen LogP contribution in [-0.2, 0) is 0 Å². The SMILES string of the molecule is CC12CCC3C(C1=Cc1cc4ccc(Cl)cc4nc1S2)c1c([nH]c(=S)[nH]c1=O)OC3(C)C. The van der Waals surface area contributed by atoms with Crippen LogP contribution in [0.3, 0.4) is 0 Å². The maximum absolute atomic E-state index is 13.1. The molecule has 1 aromatic carbocycles. The number of aromatic amines is 2. The number of halogens is 1. The van der Waals surface area contributed by atoms with Gasteiger partial charge in [-0.3, -0.25) is 9.78 Å². The topological polar surface area (TPSA) is 70.8 Å². The molecule has 164 valence electrons. The van der Waals surface area contributed by atoms with Crippen LogP contribution in [0, 0.1) is 10.7 Å². The number of hydrogen-bond donors (Lipinski definition) is 2. The Hall–Kier alpha value is -2.09. The average molecular weight is 484 g/mol. The molecule has 6 rings (SSSR count). The summed E-state index contributed by atoms with van der Waals surface area (Å²) < 4.78 is 6.43. The van der Waals surface area contributed by atoms with Gasteiger partial charge in [0.2, 0.25) is 5.88 Å². The molecule has 3 unspecified atom stereocenters. The van der Waals surface area contributed by atoms with Crippen molar-refractivity contribution in [2.45, 2.75) is 54.9 Å². The lowest BCUT2D eigenvalue weighted by atomic mass is 9.61. The predicted octanol–water partition coefficient (Wildman–Crippen LogP) is 6.25. The molecule has 8 heteroatoms. The molecular weight excluding hydrogens is 462 g/mol. The number of H-pyrrole nitrogens is 2. The van der Waals surface area contributed by atoms with Crippen molar-refractivity contribution in [3.05, 3.63) is 61.1 Å². The Morgan fingerprint density at radius 2 is 2.06 bits per heavy atom. The highest BCUT2D eigenvalue weighted by atomic mass is 35.5. The molecule has 3 aromatic rings. The number of nitrogens with one attached hydrogen (secondary N) is 2. The van der Waals surface area contributed by atoms with E-state index in [0.29, 0.717) is 16.5 Å². The van der Waals surface area contributed by atoms with E-state index in [1.54, 1.807) is 11.8 Å². The normalized spacial score (nSPS) is 27.4. The number of pyridine rings is 1. The van der Waals surface area contributed by atoms with Crippen molar-refractivity contribution >= 4 is 52.6 Å². The first-order chi connectivity index (χ1) is 15.1. The summed E-state index contributed by atoms with van der Waals surface area (Å²) in [5, 5.41) is 2.75. The average Bonchev–Trinajstić information content (AvgIpc) is 2.69. The molecule has 5 nitrogen and oxygen atoms in total. The second-order valence-corrected chi connectivity index (χ2v) is 12.0. The molecule has 1 aliphatic carbocycles. The fourth-order valence-electron chi connectivity index (χ4n) is 5.63. The Morgan fingerprint density at radius 3 is 2.88 bits per heavy atom. The van der Waals surface area contributed by atoms with Gasteiger partial charge < -0.3 is 9.72 Å². The van der Waals surface area contributed by atoms with E-state index in [-0.39, 0.29) is 26.9 Å². The van der Waals surface area contributed by atoms with Crippen LogP contribution in [0.2, 0.25) is 5.02 Å². The summed E-state index contributed by atoms with van der Waals surface area (Å²) in [6, 6.07) is 7.98. The number of hydrogen-bond acceptors (Lipinski definition) is 5. The highest BCUT2D eigenvalue weighted by Gasteiger charge is 2.54. The lowest BCUT2D eigenvalue weighted by molar-refractivity contribution is -0.00256. The van der Waals surface area contributed by atoms with Gasteiger partial charge in [-0.2, -0.15) is 0 Å². The van der Waals surface area contributed by atoms with Gasteiger partial charge in [-0.15, -0.1) is 0 Å². The van der Waals surface area contributed by atoms with Crippen molar-refractivity contribution in [1.82, 2.24) is 15.0 Å². The monoisotopic (exact) mass is 483 g/mol. The Balaban J connectivity index is 1.61. The quantitative estimate of drug-likeness (QED) is 0.370. The molecule has 0 radical (unpaired) electrons. The lowest BCUT2D eigenvalue weighted by Gasteiger charge is -2.53. The van der Waals surface area contributed by atoms with Gasteiger partial charge in [-0.25, -0.2) is 4.98 Å². The number of fused-ring (bicyclic) bond motifs is 7. The van der Waals surface area contributed by atoms with Gasteiger partial charge >= 0.3 is 0 Å². The van der Waals surface area contributed by atoms with Crippen molar-refractivity contribution in [3.8, 4) is 5.88 Å². The third kappa shape index (κ3) is 2.94. The number of aromatic nitrogens is 3. The van der Waals surface area contributed by atoms with Gasteiger partial charge in [0, 0.05) is 32.6 Å². The summed E-state index contributed by atoms with van der Waals surface area (Å²) in [5.74, 6) is 0.635. The lowest BCUT2D eigenvalue weighted by Crippen LogP contribution is -2.52. The molecular formula is C24H22ClN3O2S2. The molecule has 0 saturated heterocycles. The van der Waals surface area contributed by atoms with Crippen molar-refractivity contribution < 1.29 is 4.74 Å². The van der Waals surface area contributed by atoms with E-state index in [1.165, 1.54) is 5.57 Å². The van der Waals surface area contributed by atoms with Gasteiger partial charge in [-0.1, -0.05) is 35.5 Å². The number of benzene rings is 1. The molecule has 0 spiro atoms. The van der Waals surface area contributed by atoms with Gasteiger partial charge in [0.25, 0.3) is 5.56 Å². The smallest absolute Gasteiger partial charge is 0.259 e. The van der Waals surface area contributed by atoms with E-state index in [0.717, 1.165) is 34.3 Å². The van der Waals surface area contributed by atoms with Crippen molar-refractivity contribution in [2.75, 3.05) is 0 Å². The minimum atomic E-state index is -0.421. The molecule has 32 heavy (non-hydrogen) atoms. The van der Waals surface area contributed by atoms with E-state index >= 15 is 0 Å². The molecule has 3 aliphatic rings. The van der Waals surface area contributed by atoms with Gasteiger partial charge in [0.15, 0.2) is 4.77 Å². The van der Waals surface area contributed by atoms with Crippen LogP contribution in [0.15, 0.2) is 39.7 Å². The summed E-state index contributed by atoms with van der Waals surface area (Å²) in [5.41, 5.74) is 3.32. The van der Waals surface area contributed by atoms with Crippen LogP contribution in [0.25, 0.3) is 17.0 Å². The summed E-state index contributed by atoms with van der Waals surface area (Å²) in [6.45, 7) is 6.49. The first kappa shape index (κ1) is 20.5.